The summed E-state index contributed by atoms with van der Waals surface area (Å²) < 4.78 is 0. The van der Waals surface area contributed by atoms with Crippen molar-refractivity contribution < 1.29 is 9.59 Å². The van der Waals surface area contributed by atoms with Gasteiger partial charge in [0.2, 0.25) is 5.91 Å². The first kappa shape index (κ1) is 29.1. The van der Waals surface area contributed by atoms with E-state index in [1.165, 1.54) is 0 Å². The van der Waals surface area contributed by atoms with E-state index in [4.69, 9.17) is 5.73 Å². The number of carbonyl (C=O) groups excluding carboxylic acids is 2. The summed E-state index contributed by atoms with van der Waals surface area (Å²) in [4.78, 5) is 25.6. The Morgan fingerprint density at radius 2 is 1.20 bits per heavy atom. The van der Waals surface area contributed by atoms with Gasteiger partial charge in [-0.25, -0.2) is 4.79 Å². The Kier molecular flexibility index (Phi) is 10.7. The van der Waals surface area contributed by atoms with E-state index < -0.39 is 0 Å². The minimum Gasteiger partial charge on any atom is -0.368 e. The van der Waals surface area contributed by atoms with Crippen LogP contribution in [-0.2, 0) is 37.4 Å². The highest BCUT2D eigenvalue weighted by Gasteiger charge is 2.20. The molecule has 1 atom stereocenters. The molecule has 0 saturated carbocycles. The minimum atomic E-state index is -0.342. The molecule has 6 N–H and O–H groups in total. The van der Waals surface area contributed by atoms with Crippen LogP contribution in [0.25, 0.3) is 0 Å². The normalized spacial score (nSPS) is 11.2. The van der Waals surface area contributed by atoms with Gasteiger partial charge in [-0.05, 0) is 39.8 Å². The lowest BCUT2D eigenvalue weighted by molar-refractivity contribution is -0.122. The molecule has 4 aromatic rings. The molecule has 3 amide bonds. The third kappa shape index (κ3) is 9.37. The van der Waals surface area contributed by atoms with Crippen LogP contribution >= 0.6 is 0 Å². The van der Waals surface area contributed by atoms with Crippen LogP contribution in [0.4, 0.5) is 4.79 Å². The summed E-state index contributed by atoms with van der Waals surface area (Å²) in [6, 6.07) is 35.3. The summed E-state index contributed by atoms with van der Waals surface area (Å²) in [7, 11) is 0. The van der Waals surface area contributed by atoms with Gasteiger partial charge in [-0.2, -0.15) is 0 Å². The largest absolute Gasteiger partial charge is 0.368 e. The first-order chi connectivity index (χ1) is 20.0. The summed E-state index contributed by atoms with van der Waals surface area (Å²) in [5.74, 6) is 0.100. The third-order valence-corrected chi connectivity index (χ3v) is 6.74. The van der Waals surface area contributed by atoms with Gasteiger partial charge in [0, 0.05) is 26.2 Å². The van der Waals surface area contributed by atoms with E-state index in [-0.39, 0.29) is 17.9 Å². The van der Waals surface area contributed by atoms with Crippen molar-refractivity contribution in [3.05, 3.63) is 155 Å². The quantitative estimate of drug-likeness (QED) is 0.165. The third-order valence-electron chi connectivity index (χ3n) is 6.74. The van der Waals surface area contributed by atoms with E-state index >= 15 is 0 Å². The summed E-state index contributed by atoms with van der Waals surface area (Å²) in [5.41, 5.74) is 11.8. The molecule has 0 aliphatic carbocycles. The standard InChI is InChI=1S/C34H37N5O2/c1-25(39-34(41)38-22-28-17-15-27(21-35)16-18-28)36-23-29-11-8-12-30(19-29)24-37-33(40)32(31-13-6-3-7-14-31)20-26-9-4-2-5-10-26/h2-19,32,36H,1,20-24,35H2,(H,37,40)(H2,38,39,41). The van der Waals surface area contributed by atoms with Crippen LogP contribution in [0.3, 0.4) is 0 Å². The van der Waals surface area contributed by atoms with Crippen LogP contribution in [0.2, 0.25) is 0 Å². The van der Waals surface area contributed by atoms with Crippen LogP contribution < -0.4 is 27.0 Å². The van der Waals surface area contributed by atoms with Gasteiger partial charge >= 0.3 is 6.03 Å². The van der Waals surface area contributed by atoms with Crippen molar-refractivity contribution in [1.82, 2.24) is 21.3 Å². The second-order valence-corrected chi connectivity index (χ2v) is 9.85. The van der Waals surface area contributed by atoms with Crippen molar-refractivity contribution in [3.8, 4) is 0 Å². The fraction of sp³-hybridized carbons (Fsp3) is 0.176. The molecule has 0 aromatic heterocycles. The molecule has 0 aliphatic heterocycles. The summed E-state index contributed by atoms with van der Waals surface area (Å²) in [6.45, 7) is 5.67. The maximum absolute atomic E-state index is 13.3. The summed E-state index contributed by atoms with van der Waals surface area (Å²) in [6.07, 6.45) is 0.629. The number of hydrogen-bond donors (Lipinski definition) is 5. The number of amides is 3. The van der Waals surface area contributed by atoms with Gasteiger partial charge in [-0.15, -0.1) is 0 Å². The highest BCUT2D eigenvalue weighted by Crippen LogP contribution is 2.21. The first-order valence-corrected chi connectivity index (χ1v) is 13.7. The smallest absolute Gasteiger partial charge is 0.320 e. The zero-order chi connectivity index (χ0) is 28.9. The minimum absolute atomic E-state index is 0.0116. The molecule has 210 valence electrons. The van der Waals surface area contributed by atoms with Crippen molar-refractivity contribution in [2.45, 2.75) is 38.5 Å². The molecular formula is C34H37N5O2. The molecule has 0 heterocycles. The molecular weight excluding hydrogens is 510 g/mol. The summed E-state index contributed by atoms with van der Waals surface area (Å²) >= 11 is 0. The van der Waals surface area contributed by atoms with Crippen LogP contribution in [-0.4, -0.2) is 11.9 Å². The van der Waals surface area contributed by atoms with Crippen LogP contribution in [0.1, 0.15) is 39.3 Å². The van der Waals surface area contributed by atoms with E-state index in [2.05, 4.69) is 27.8 Å². The molecule has 7 nitrogen and oxygen atoms in total. The Labute approximate surface area is 241 Å². The first-order valence-electron chi connectivity index (χ1n) is 13.7. The van der Waals surface area contributed by atoms with Crippen molar-refractivity contribution in [3.63, 3.8) is 0 Å². The van der Waals surface area contributed by atoms with Crippen molar-refractivity contribution in [2.24, 2.45) is 5.73 Å². The molecule has 0 fully saturated rings. The van der Waals surface area contributed by atoms with Crippen molar-refractivity contribution >= 4 is 11.9 Å². The lowest BCUT2D eigenvalue weighted by atomic mass is 9.91. The van der Waals surface area contributed by atoms with Gasteiger partial charge in [0.05, 0.1) is 11.7 Å². The van der Waals surface area contributed by atoms with Crippen LogP contribution in [0.15, 0.2) is 122 Å². The molecule has 0 radical (unpaired) electrons. The van der Waals surface area contributed by atoms with Crippen LogP contribution in [0.5, 0.6) is 0 Å². The Hall–Kier alpha value is -4.88. The number of nitrogens with two attached hydrogens (primary N) is 1. The summed E-state index contributed by atoms with van der Waals surface area (Å²) in [5, 5.41) is 11.8. The molecule has 7 heteroatoms. The van der Waals surface area contributed by atoms with E-state index in [9.17, 15) is 9.59 Å². The molecule has 0 bridgehead atoms. The molecule has 0 saturated heterocycles. The van der Waals surface area contributed by atoms with Crippen molar-refractivity contribution in [1.29, 1.82) is 0 Å². The van der Waals surface area contributed by atoms with E-state index in [1.807, 2.05) is 109 Å². The van der Waals surface area contributed by atoms with Gasteiger partial charge in [0.25, 0.3) is 0 Å². The Morgan fingerprint density at radius 1 is 0.634 bits per heavy atom. The number of carbonyl (C=O) groups is 2. The van der Waals surface area contributed by atoms with Gasteiger partial charge in [0.15, 0.2) is 0 Å². The zero-order valence-electron chi connectivity index (χ0n) is 23.1. The number of hydrogen-bond acceptors (Lipinski definition) is 4. The SMILES string of the molecule is C=C(NCc1cccc(CNC(=O)C(Cc2ccccc2)c2ccccc2)c1)NC(=O)NCc1ccc(CN)cc1. The molecule has 1 unspecified atom stereocenters. The molecule has 4 aromatic carbocycles. The average Bonchev–Trinajstić information content (AvgIpc) is 3.02. The maximum Gasteiger partial charge on any atom is 0.320 e. The number of nitrogens with one attached hydrogen (secondary N) is 4. The topological polar surface area (TPSA) is 108 Å². The Balaban J connectivity index is 1.25. The monoisotopic (exact) mass is 547 g/mol. The maximum atomic E-state index is 13.3. The van der Waals surface area contributed by atoms with Gasteiger partial charge in [-0.1, -0.05) is 116 Å². The van der Waals surface area contributed by atoms with E-state index in [0.717, 1.165) is 33.4 Å². The molecule has 0 aliphatic rings. The molecule has 41 heavy (non-hydrogen) atoms. The Bertz CT molecular complexity index is 1420. The van der Waals surface area contributed by atoms with E-state index in [1.54, 1.807) is 0 Å². The number of benzene rings is 4. The average molecular weight is 548 g/mol. The lowest BCUT2D eigenvalue weighted by Crippen LogP contribution is -2.38. The number of urea groups is 1. The molecule has 4 rings (SSSR count). The zero-order valence-corrected chi connectivity index (χ0v) is 23.1. The van der Waals surface area contributed by atoms with Gasteiger partial charge in [-0.3, -0.25) is 10.1 Å². The second-order valence-electron chi connectivity index (χ2n) is 9.85. The van der Waals surface area contributed by atoms with Crippen molar-refractivity contribution in [2.75, 3.05) is 0 Å². The fourth-order valence-corrected chi connectivity index (χ4v) is 4.47. The fourth-order valence-electron chi connectivity index (χ4n) is 4.47. The predicted molar refractivity (Wildman–Crippen MR) is 163 cm³/mol. The van der Waals surface area contributed by atoms with Crippen LogP contribution in [0, 0.1) is 0 Å². The van der Waals surface area contributed by atoms with E-state index in [0.29, 0.717) is 38.4 Å². The van der Waals surface area contributed by atoms with Gasteiger partial charge < -0.3 is 21.7 Å². The predicted octanol–water partition coefficient (Wildman–Crippen LogP) is 4.85. The Morgan fingerprint density at radius 3 is 1.85 bits per heavy atom. The highest BCUT2D eigenvalue weighted by atomic mass is 16.2. The molecule has 0 spiro atoms. The second kappa shape index (κ2) is 15.1. The number of rotatable bonds is 13. The lowest BCUT2D eigenvalue weighted by Gasteiger charge is -2.18. The van der Waals surface area contributed by atoms with Gasteiger partial charge in [0.1, 0.15) is 0 Å². The highest BCUT2D eigenvalue weighted by molar-refractivity contribution is 5.84.